The average Bonchev–Trinajstić information content (AvgIpc) is 2.94. The first-order valence-corrected chi connectivity index (χ1v) is 12.7. The van der Waals surface area contributed by atoms with Crippen LogP contribution in [0.15, 0.2) is 29.2 Å². The van der Waals surface area contributed by atoms with Crippen molar-refractivity contribution in [1.29, 1.82) is 0 Å². The quantitative estimate of drug-likeness (QED) is 0.313. The van der Waals surface area contributed by atoms with Crippen LogP contribution in [0.1, 0.15) is 58.4 Å². The van der Waals surface area contributed by atoms with E-state index in [-0.39, 0.29) is 4.90 Å². The summed E-state index contributed by atoms with van der Waals surface area (Å²) in [6, 6.07) is 6.16. The van der Waals surface area contributed by atoms with Gasteiger partial charge in [0.05, 0.1) is 16.9 Å². The van der Waals surface area contributed by atoms with Crippen LogP contribution < -0.4 is 0 Å². The van der Waals surface area contributed by atoms with Crippen LogP contribution in [0.5, 0.6) is 0 Å². The minimum atomic E-state index is -4.09. The van der Waals surface area contributed by atoms with Gasteiger partial charge >= 0.3 is 0 Å². The highest BCUT2D eigenvalue weighted by atomic mass is 32.2. The van der Waals surface area contributed by atoms with Gasteiger partial charge < -0.3 is 24.8 Å². The van der Waals surface area contributed by atoms with Crippen LogP contribution in [0.25, 0.3) is 0 Å². The molecule has 1 unspecified atom stereocenters. The second-order valence-electron chi connectivity index (χ2n) is 9.44. The van der Waals surface area contributed by atoms with Crippen molar-refractivity contribution in [3.63, 3.8) is 0 Å². The smallest absolute Gasteiger partial charge is 0.297 e. The van der Waals surface area contributed by atoms with Crippen LogP contribution >= 0.6 is 0 Å². The first-order valence-electron chi connectivity index (χ1n) is 11.3. The molecule has 0 amide bonds. The third kappa shape index (κ3) is 4.24. The van der Waals surface area contributed by atoms with E-state index in [2.05, 4.69) is 6.92 Å². The van der Waals surface area contributed by atoms with Gasteiger partial charge in [0.25, 0.3) is 10.1 Å². The fourth-order valence-electron chi connectivity index (χ4n) is 4.54. The minimum absolute atomic E-state index is 0.0243. The lowest BCUT2D eigenvalue weighted by atomic mass is 9.95. The summed E-state index contributed by atoms with van der Waals surface area (Å²) in [5.74, 6) is -1.88. The summed E-state index contributed by atoms with van der Waals surface area (Å²) in [6.07, 6.45) is 1.49. The zero-order valence-electron chi connectivity index (χ0n) is 19.3. The minimum Gasteiger partial charge on any atom is -0.388 e. The highest BCUT2D eigenvalue weighted by Crippen LogP contribution is 2.72. The van der Waals surface area contributed by atoms with E-state index in [9.17, 15) is 23.7 Å². The van der Waals surface area contributed by atoms with Crippen LogP contribution in [-0.2, 0) is 23.8 Å². The molecular weight excluding hydrogens is 436 g/mol. The molecule has 1 saturated carbocycles. The number of aliphatic hydroxyl groups excluding tert-OH is 1. The van der Waals surface area contributed by atoms with Gasteiger partial charge in [-0.1, -0.05) is 64.2 Å². The maximum absolute atomic E-state index is 12.4. The molecule has 1 aromatic rings. The second kappa shape index (κ2) is 9.29. The molecule has 2 fully saturated rings. The molecule has 2 aliphatic rings. The number of hydrogen-bond acceptors (Lipinski definition) is 8. The van der Waals surface area contributed by atoms with Gasteiger partial charge in [-0.05, 0) is 25.5 Å². The zero-order valence-corrected chi connectivity index (χ0v) is 20.1. The third-order valence-corrected chi connectivity index (χ3v) is 8.19. The van der Waals surface area contributed by atoms with Crippen molar-refractivity contribution in [3.8, 4) is 0 Å². The zero-order chi connectivity index (χ0) is 23.8. The summed E-state index contributed by atoms with van der Waals surface area (Å²) < 4.78 is 41.5. The first kappa shape index (κ1) is 25.6. The van der Waals surface area contributed by atoms with Crippen molar-refractivity contribution in [2.45, 2.75) is 94.4 Å². The molecule has 8 nitrogen and oxygen atoms in total. The molecule has 3 N–H and O–H groups in total. The summed E-state index contributed by atoms with van der Waals surface area (Å²) in [4.78, 5) is -0.0243. The van der Waals surface area contributed by atoms with Crippen LogP contribution in [0, 0.1) is 12.3 Å². The van der Waals surface area contributed by atoms with Gasteiger partial charge in [-0.25, -0.2) is 0 Å². The molecule has 1 aromatic carbocycles. The Hall–Kier alpha value is -1.07. The van der Waals surface area contributed by atoms with E-state index in [1.807, 2.05) is 6.92 Å². The van der Waals surface area contributed by atoms with E-state index in [1.165, 1.54) is 12.1 Å². The molecule has 1 aliphatic heterocycles. The Morgan fingerprint density at radius 1 is 1.09 bits per heavy atom. The third-order valence-electron chi connectivity index (χ3n) is 6.90. The van der Waals surface area contributed by atoms with E-state index in [4.69, 9.17) is 13.7 Å². The molecule has 0 spiro atoms. The van der Waals surface area contributed by atoms with Gasteiger partial charge in [-0.2, -0.15) is 8.42 Å². The molecule has 1 saturated heterocycles. The van der Waals surface area contributed by atoms with Gasteiger partial charge in [0, 0.05) is 6.61 Å². The van der Waals surface area contributed by atoms with E-state index < -0.39 is 51.8 Å². The number of hydrogen-bond donors (Lipinski definition) is 3. The van der Waals surface area contributed by atoms with Crippen LogP contribution in [0.3, 0.4) is 0 Å². The molecule has 0 radical (unpaired) electrons. The lowest BCUT2D eigenvalue weighted by Gasteiger charge is -2.31. The van der Waals surface area contributed by atoms with Gasteiger partial charge in [0.15, 0.2) is 5.60 Å². The molecule has 3 rings (SSSR count). The SMILES string of the molecule is CCCCCCCO[C@H]1[C@@H]([C@H](O)COS(=O)(=O)c2ccc(C)cc2)OC2(O)C(C)(C)[C@@]12O. The average molecular weight is 473 g/mol. The van der Waals surface area contributed by atoms with Crippen LogP contribution in [0.2, 0.25) is 0 Å². The van der Waals surface area contributed by atoms with E-state index in [1.54, 1.807) is 26.0 Å². The van der Waals surface area contributed by atoms with Gasteiger partial charge in [0.2, 0.25) is 5.79 Å². The van der Waals surface area contributed by atoms with Crippen molar-refractivity contribution in [2.75, 3.05) is 13.2 Å². The Morgan fingerprint density at radius 3 is 2.34 bits per heavy atom. The first-order chi connectivity index (χ1) is 14.9. The second-order valence-corrected chi connectivity index (χ2v) is 11.1. The summed E-state index contributed by atoms with van der Waals surface area (Å²) >= 11 is 0. The number of unbranched alkanes of at least 4 members (excludes halogenated alkanes) is 4. The Morgan fingerprint density at radius 2 is 1.72 bits per heavy atom. The molecule has 182 valence electrons. The Balaban J connectivity index is 1.64. The number of ether oxygens (including phenoxy) is 2. The number of fused-ring (bicyclic) bond motifs is 1. The van der Waals surface area contributed by atoms with Gasteiger partial charge in [-0.3, -0.25) is 4.18 Å². The van der Waals surface area contributed by atoms with Crippen LogP contribution in [0.4, 0.5) is 0 Å². The van der Waals surface area contributed by atoms with Gasteiger partial charge in [0.1, 0.15) is 18.3 Å². The van der Waals surface area contributed by atoms with E-state index in [0.717, 1.165) is 37.7 Å². The van der Waals surface area contributed by atoms with Crippen molar-refractivity contribution >= 4 is 10.1 Å². The highest BCUT2D eigenvalue weighted by Gasteiger charge is 2.92. The fourth-order valence-corrected chi connectivity index (χ4v) is 5.47. The summed E-state index contributed by atoms with van der Waals surface area (Å²) in [7, 11) is -4.09. The predicted molar refractivity (Wildman–Crippen MR) is 117 cm³/mol. The predicted octanol–water partition coefficient (Wildman–Crippen LogP) is 2.28. The lowest BCUT2D eigenvalue weighted by Crippen LogP contribution is -2.49. The molecule has 1 aliphatic carbocycles. The lowest BCUT2D eigenvalue weighted by molar-refractivity contribution is -0.201. The van der Waals surface area contributed by atoms with Crippen molar-refractivity contribution < 1.29 is 37.4 Å². The number of rotatable bonds is 12. The largest absolute Gasteiger partial charge is 0.388 e. The normalized spacial score (nSPS) is 32.0. The molecular formula is C23H36O8S. The summed E-state index contributed by atoms with van der Waals surface area (Å²) in [6.45, 7) is 7.02. The molecule has 5 atom stereocenters. The molecule has 1 heterocycles. The van der Waals surface area contributed by atoms with Crippen molar-refractivity contribution in [1.82, 2.24) is 0 Å². The van der Waals surface area contributed by atoms with Crippen molar-refractivity contribution in [2.24, 2.45) is 5.41 Å². The molecule has 32 heavy (non-hydrogen) atoms. The summed E-state index contributed by atoms with van der Waals surface area (Å²) in [5.41, 5.74) is -1.79. The van der Waals surface area contributed by atoms with Gasteiger partial charge in [-0.15, -0.1) is 0 Å². The topological polar surface area (TPSA) is 123 Å². The Bertz CT molecular complexity index is 884. The van der Waals surface area contributed by atoms with Crippen LogP contribution in [-0.4, -0.2) is 66.7 Å². The standard InChI is InChI=1S/C23H36O8S/c1-5-6-7-8-9-14-29-20-19(31-23(26)21(3,4)22(20,23)25)18(24)15-30-32(27,28)17-12-10-16(2)11-13-17/h10-13,18-20,24-26H,5-9,14-15H2,1-4H3/t18-,19-,20+,22+,23?/m1/s1. The monoisotopic (exact) mass is 472 g/mol. The molecule has 0 bridgehead atoms. The maximum Gasteiger partial charge on any atom is 0.297 e. The maximum atomic E-state index is 12.4. The summed E-state index contributed by atoms with van der Waals surface area (Å²) in [5, 5.41) is 32.6. The molecule has 0 aromatic heterocycles. The highest BCUT2D eigenvalue weighted by molar-refractivity contribution is 7.86. The fraction of sp³-hybridized carbons (Fsp3) is 0.739. The molecule has 9 heteroatoms. The Labute approximate surface area is 190 Å². The number of aryl methyl sites for hydroxylation is 1. The Kier molecular flexibility index (Phi) is 7.42. The number of aliphatic hydroxyl groups is 3. The number of benzene rings is 1. The van der Waals surface area contributed by atoms with E-state index in [0.29, 0.717) is 6.61 Å². The van der Waals surface area contributed by atoms with Crippen molar-refractivity contribution in [3.05, 3.63) is 29.8 Å². The van der Waals surface area contributed by atoms with E-state index >= 15 is 0 Å².